The van der Waals surface area contributed by atoms with Crippen molar-refractivity contribution in [3.8, 4) is 12.3 Å². The minimum absolute atomic E-state index is 0.190. The van der Waals surface area contributed by atoms with Gasteiger partial charge < -0.3 is 15.5 Å². The molecule has 1 saturated heterocycles. The Hall–Kier alpha value is -3.12. The third kappa shape index (κ3) is 5.33. The second-order valence-electron chi connectivity index (χ2n) is 8.14. The predicted octanol–water partition coefficient (Wildman–Crippen LogP) is 4.61. The van der Waals surface area contributed by atoms with Crippen molar-refractivity contribution in [2.45, 2.75) is 18.9 Å². The fraction of sp³-hybridized carbons (Fsp3) is 0.280. The number of amides is 2. The molecule has 3 N–H and O–H groups in total. The number of benzene rings is 2. The molecule has 176 valence electrons. The maximum atomic E-state index is 14.6. The molecule has 0 saturated carbocycles. The molecule has 0 bridgehead atoms. The van der Waals surface area contributed by atoms with Gasteiger partial charge in [0.1, 0.15) is 5.82 Å². The van der Waals surface area contributed by atoms with Gasteiger partial charge in [0.15, 0.2) is 5.13 Å². The van der Waals surface area contributed by atoms with Gasteiger partial charge in [-0.15, -0.1) is 17.8 Å². The van der Waals surface area contributed by atoms with Crippen LogP contribution >= 0.6 is 22.9 Å². The van der Waals surface area contributed by atoms with Gasteiger partial charge in [-0.25, -0.2) is 14.2 Å². The highest BCUT2D eigenvalue weighted by Gasteiger charge is 2.29. The summed E-state index contributed by atoms with van der Waals surface area (Å²) in [5.74, 6) is 2.52. The van der Waals surface area contributed by atoms with Gasteiger partial charge in [0, 0.05) is 43.1 Å². The molecule has 2 aromatic carbocycles. The first-order chi connectivity index (χ1) is 16.4. The van der Waals surface area contributed by atoms with Gasteiger partial charge >= 0.3 is 6.03 Å². The van der Waals surface area contributed by atoms with E-state index in [9.17, 15) is 9.18 Å². The zero-order valence-corrected chi connectivity index (χ0v) is 20.3. The Morgan fingerprint density at radius 3 is 2.71 bits per heavy atom. The number of aromatic nitrogens is 1. The van der Waals surface area contributed by atoms with Crippen molar-refractivity contribution in [1.82, 2.24) is 15.6 Å². The van der Waals surface area contributed by atoms with E-state index in [4.69, 9.17) is 18.0 Å². The highest BCUT2D eigenvalue weighted by Crippen LogP contribution is 2.34. The summed E-state index contributed by atoms with van der Waals surface area (Å²) in [6.07, 6.45) is 5.85. The maximum absolute atomic E-state index is 14.6. The minimum atomic E-state index is -0.763. The third-order valence-electron chi connectivity index (χ3n) is 5.87. The lowest BCUT2D eigenvalue weighted by atomic mass is 9.81. The van der Waals surface area contributed by atoms with Crippen LogP contribution in [0, 0.1) is 18.2 Å². The van der Waals surface area contributed by atoms with Crippen molar-refractivity contribution in [3.05, 3.63) is 75.5 Å². The van der Waals surface area contributed by atoms with Gasteiger partial charge in [-0.3, -0.25) is 5.32 Å². The fourth-order valence-corrected chi connectivity index (χ4v) is 4.74. The van der Waals surface area contributed by atoms with Crippen LogP contribution in [0.3, 0.4) is 0 Å². The van der Waals surface area contributed by atoms with Crippen molar-refractivity contribution in [2.24, 2.45) is 0 Å². The van der Waals surface area contributed by atoms with Crippen LogP contribution in [0.25, 0.3) is 0 Å². The lowest BCUT2D eigenvalue weighted by molar-refractivity contribution is 0.251. The molecule has 6 nitrogen and oxygen atoms in total. The van der Waals surface area contributed by atoms with Gasteiger partial charge in [0.05, 0.1) is 16.8 Å². The predicted molar refractivity (Wildman–Crippen MR) is 136 cm³/mol. The maximum Gasteiger partial charge on any atom is 0.321 e. The van der Waals surface area contributed by atoms with Gasteiger partial charge in [-0.1, -0.05) is 35.7 Å². The van der Waals surface area contributed by atoms with Crippen LogP contribution in [0.15, 0.2) is 47.8 Å². The first kappa shape index (κ1) is 24.0. The second-order valence-corrected chi connectivity index (χ2v) is 9.44. The molecule has 2 heterocycles. The Kier molecular flexibility index (Phi) is 7.37. The number of urea groups is 1. The van der Waals surface area contributed by atoms with E-state index in [1.165, 1.54) is 17.4 Å². The number of hydrogen-bond acceptors (Lipinski definition) is 5. The molecule has 1 atom stereocenters. The van der Waals surface area contributed by atoms with E-state index in [1.807, 2.05) is 35.4 Å². The molecule has 0 radical (unpaired) electrons. The van der Waals surface area contributed by atoms with Crippen molar-refractivity contribution in [3.63, 3.8) is 0 Å². The minimum Gasteiger partial charge on any atom is -0.367 e. The molecule has 1 unspecified atom stereocenters. The molecular weight excluding hydrogens is 473 g/mol. The van der Waals surface area contributed by atoms with Gasteiger partial charge in [-0.05, 0) is 42.3 Å². The first-order valence-corrected chi connectivity index (χ1v) is 12.1. The third-order valence-corrected chi connectivity index (χ3v) is 6.88. The van der Waals surface area contributed by atoms with E-state index in [0.717, 1.165) is 31.7 Å². The number of piperazine rings is 1. The number of terminal acetylenes is 1. The Bertz CT molecular complexity index is 1200. The van der Waals surface area contributed by atoms with Crippen molar-refractivity contribution in [1.29, 1.82) is 0 Å². The van der Waals surface area contributed by atoms with Crippen molar-refractivity contribution in [2.75, 3.05) is 36.4 Å². The Morgan fingerprint density at radius 2 is 2.03 bits per heavy atom. The molecule has 9 heteroatoms. The van der Waals surface area contributed by atoms with Crippen molar-refractivity contribution >= 4 is 39.8 Å². The summed E-state index contributed by atoms with van der Waals surface area (Å²) >= 11 is 7.28. The average Bonchev–Trinajstić information content (AvgIpc) is 3.32. The number of carbonyl (C=O) groups excluding carboxylic acids is 1. The molecule has 1 aromatic heterocycles. The first-order valence-electron chi connectivity index (χ1n) is 10.9. The number of halogens is 2. The van der Waals surface area contributed by atoms with Gasteiger partial charge in [0.2, 0.25) is 0 Å². The molecular formula is C25H25ClFN5OS. The fourth-order valence-electron chi connectivity index (χ4n) is 3.80. The monoisotopic (exact) mass is 497 g/mol. The molecule has 1 aliphatic rings. The number of hydrogen-bond donors (Lipinski definition) is 3. The molecule has 0 aliphatic carbocycles. The number of nitrogens with one attached hydrogen (secondary N) is 3. The zero-order valence-electron chi connectivity index (χ0n) is 18.7. The SMILES string of the molecule is C#CC(C)(c1ccc(Cl)cc1)c1csc(NC(=O)NCc2ccc(N3CCNCC3)c(F)c2)n1. The van der Waals surface area contributed by atoms with E-state index in [-0.39, 0.29) is 12.4 Å². The van der Waals surface area contributed by atoms with Gasteiger partial charge in [0.25, 0.3) is 0 Å². The van der Waals surface area contributed by atoms with Crippen LogP contribution < -0.4 is 20.9 Å². The van der Waals surface area contributed by atoms with Gasteiger partial charge in [-0.2, -0.15) is 0 Å². The Morgan fingerprint density at radius 1 is 1.29 bits per heavy atom. The Balaban J connectivity index is 1.36. The lowest BCUT2D eigenvalue weighted by Gasteiger charge is -2.29. The number of carbonyl (C=O) groups is 1. The van der Waals surface area contributed by atoms with Crippen molar-refractivity contribution < 1.29 is 9.18 Å². The zero-order chi connectivity index (χ0) is 24.1. The summed E-state index contributed by atoms with van der Waals surface area (Å²) in [6.45, 7) is 5.29. The van der Waals surface area contributed by atoms with E-state index < -0.39 is 11.4 Å². The largest absolute Gasteiger partial charge is 0.367 e. The smallest absolute Gasteiger partial charge is 0.321 e. The quantitative estimate of drug-likeness (QED) is 0.435. The Labute approximate surface area is 207 Å². The lowest BCUT2D eigenvalue weighted by Crippen LogP contribution is -2.43. The van der Waals surface area contributed by atoms with Crippen LogP contribution in [0.1, 0.15) is 23.7 Å². The second kappa shape index (κ2) is 10.4. The normalized spacial score (nSPS) is 15.3. The van der Waals surface area contributed by atoms with E-state index in [1.54, 1.807) is 18.2 Å². The van der Waals surface area contributed by atoms with Crippen LogP contribution in [0.5, 0.6) is 0 Å². The van der Waals surface area contributed by atoms with E-state index in [2.05, 4.69) is 26.9 Å². The molecule has 0 spiro atoms. The summed E-state index contributed by atoms with van der Waals surface area (Å²) in [7, 11) is 0. The number of nitrogens with zero attached hydrogens (tertiary/aromatic N) is 2. The molecule has 1 aliphatic heterocycles. The summed E-state index contributed by atoms with van der Waals surface area (Å²) in [5, 5.41) is 11.6. The molecule has 1 fully saturated rings. The number of thiazole rings is 1. The summed E-state index contributed by atoms with van der Waals surface area (Å²) in [6, 6.07) is 11.9. The summed E-state index contributed by atoms with van der Waals surface area (Å²) in [4.78, 5) is 18.9. The van der Waals surface area contributed by atoms with Crippen LogP contribution in [0.4, 0.5) is 20.0 Å². The van der Waals surface area contributed by atoms with Crippen LogP contribution in [-0.4, -0.2) is 37.2 Å². The summed E-state index contributed by atoms with van der Waals surface area (Å²) in [5.41, 5.74) is 2.03. The van der Waals surface area contributed by atoms with Crippen LogP contribution in [-0.2, 0) is 12.0 Å². The van der Waals surface area contributed by atoms with Crippen LogP contribution in [0.2, 0.25) is 5.02 Å². The van der Waals surface area contributed by atoms with E-state index in [0.29, 0.717) is 27.1 Å². The number of anilines is 2. The topological polar surface area (TPSA) is 69.3 Å². The molecule has 3 aromatic rings. The standard InChI is InChI=1S/C25H25ClFN5OS/c1-3-25(2,18-5-7-19(26)8-6-18)22-16-34-24(30-22)31-23(33)29-15-17-4-9-21(20(27)14-17)32-12-10-28-11-13-32/h1,4-9,14,16,28H,10-13,15H2,2H3,(H2,29,30,31,33). The molecule has 34 heavy (non-hydrogen) atoms. The molecule has 2 amide bonds. The highest BCUT2D eigenvalue weighted by molar-refractivity contribution is 7.14. The summed E-state index contributed by atoms with van der Waals surface area (Å²) < 4.78 is 14.6. The average molecular weight is 498 g/mol. The highest BCUT2D eigenvalue weighted by atomic mass is 35.5. The van der Waals surface area contributed by atoms with E-state index >= 15 is 0 Å². The number of rotatable bonds is 6. The molecule has 4 rings (SSSR count).